The van der Waals surface area contributed by atoms with Gasteiger partial charge in [0.15, 0.2) is 0 Å². The molecule has 0 saturated heterocycles. The van der Waals surface area contributed by atoms with Gasteiger partial charge in [0.05, 0.1) is 11.4 Å². The molecule has 0 bridgehead atoms. The number of hydrogen-bond acceptors (Lipinski definition) is 4. The number of hydrogen-bond donors (Lipinski definition) is 0. The Balaban J connectivity index is 1.13. The van der Waals surface area contributed by atoms with Gasteiger partial charge in [-0.25, -0.2) is 0 Å². The van der Waals surface area contributed by atoms with E-state index in [0.717, 1.165) is 68.9 Å². The summed E-state index contributed by atoms with van der Waals surface area (Å²) in [6, 6.07) is 78.9. The van der Waals surface area contributed by atoms with Crippen LogP contribution in [0, 0.1) is 34.6 Å². The summed E-state index contributed by atoms with van der Waals surface area (Å²) in [5, 5.41) is 4.65. The predicted octanol–water partition coefficient (Wildman–Crippen LogP) is 20.8. The van der Waals surface area contributed by atoms with Gasteiger partial charge in [0.2, 0.25) is 0 Å². The van der Waals surface area contributed by atoms with Gasteiger partial charge < -0.3 is 19.1 Å². The molecule has 15 rings (SSSR count). The molecule has 0 radical (unpaired) electrons. The molecule has 4 nitrogen and oxygen atoms in total. The van der Waals surface area contributed by atoms with Crippen molar-refractivity contribution in [2.24, 2.45) is 0 Å². The molecular weight excluding hydrogens is 1040 g/mol. The molecule has 422 valence electrons. The van der Waals surface area contributed by atoms with Crippen LogP contribution in [0.3, 0.4) is 0 Å². The highest BCUT2D eigenvalue weighted by molar-refractivity contribution is 7.00. The zero-order valence-corrected chi connectivity index (χ0v) is 51.9. The Hall–Kier alpha value is -9.06. The third-order valence-corrected chi connectivity index (χ3v) is 19.6. The van der Waals surface area contributed by atoms with E-state index in [2.05, 4.69) is 304 Å². The fraction of sp³-hybridized carbons (Fsp3) is 0.210. The van der Waals surface area contributed by atoms with E-state index in [4.69, 9.17) is 4.42 Å². The largest absolute Gasteiger partial charge is 0.456 e. The van der Waals surface area contributed by atoms with Gasteiger partial charge in [-0.3, -0.25) is 0 Å². The number of fused-ring (bicyclic) bond motifs is 9. The Kier molecular flexibility index (Phi) is 12.2. The molecule has 12 aromatic rings. The maximum atomic E-state index is 6.99. The Morgan fingerprint density at radius 1 is 0.430 bits per heavy atom. The van der Waals surface area contributed by atoms with E-state index in [1.54, 1.807) is 0 Å². The molecule has 11 aromatic carbocycles. The van der Waals surface area contributed by atoms with E-state index in [9.17, 15) is 0 Å². The SMILES string of the molecule is Cc1cccc(N(c2cc3c4c(c2)N(c2ccc(C(C)(C)C)cc2-c2ccccc2)c2cc5oc6ccccc6c5cc2B4c2ccc(-c4c(C)cc(C)cc4C)cc2N3c2cc3c(cc2C)C(C)(C)CCC3(C)C)c2ccc3ccccc3c2)c1. The number of aryl methyl sites for hydroxylation is 5. The third-order valence-electron chi connectivity index (χ3n) is 19.6. The van der Waals surface area contributed by atoms with E-state index in [0.29, 0.717) is 0 Å². The van der Waals surface area contributed by atoms with Crippen molar-refractivity contribution in [1.82, 2.24) is 0 Å². The monoisotopic (exact) mass is 1120 g/mol. The highest BCUT2D eigenvalue weighted by Crippen LogP contribution is 2.54. The molecular formula is C81H74BN3O. The molecule has 2 aliphatic heterocycles. The van der Waals surface area contributed by atoms with Crippen LogP contribution in [0.25, 0.3) is 55.0 Å². The van der Waals surface area contributed by atoms with Crippen molar-refractivity contribution in [2.45, 2.75) is 112 Å². The van der Waals surface area contributed by atoms with Crippen molar-refractivity contribution >= 4 is 107 Å². The van der Waals surface area contributed by atoms with Crippen molar-refractivity contribution in [3.05, 3.63) is 251 Å². The number of anilines is 9. The lowest BCUT2D eigenvalue weighted by Gasteiger charge is -2.47. The quantitative estimate of drug-likeness (QED) is 0.148. The second-order valence-corrected chi connectivity index (χ2v) is 27.6. The minimum atomic E-state index is -0.172. The Bertz CT molecular complexity index is 4760. The van der Waals surface area contributed by atoms with Crippen LogP contribution in [0.15, 0.2) is 211 Å². The zero-order valence-electron chi connectivity index (χ0n) is 51.9. The summed E-state index contributed by atoms with van der Waals surface area (Å²) >= 11 is 0. The summed E-state index contributed by atoms with van der Waals surface area (Å²) in [5.74, 6) is 0. The lowest BCUT2D eigenvalue weighted by Crippen LogP contribution is -2.61. The minimum Gasteiger partial charge on any atom is -0.456 e. The lowest BCUT2D eigenvalue weighted by molar-refractivity contribution is 0.332. The Morgan fingerprint density at radius 3 is 1.83 bits per heavy atom. The highest BCUT2D eigenvalue weighted by atomic mass is 16.3. The predicted molar refractivity (Wildman–Crippen MR) is 368 cm³/mol. The van der Waals surface area contributed by atoms with Crippen molar-refractivity contribution in [2.75, 3.05) is 14.7 Å². The molecule has 86 heavy (non-hydrogen) atoms. The van der Waals surface area contributed by atoms with E-state index < -0.39 is 0 Å². The molecule has 0 N–H and O–H groups in total. The maximum Gasteiger partial charge on any atom is 0.252 e. The number of rotatable bonds is 7. The lowest BCUT2D eigenvalue weighted by atomic mass is 9.33. The van der Waals surface area contributed by atoms with Crippen LogP contribution in [0.2, 0.25) is 0 Å². The van der Waals surface area contributed by atoms with E-state index >= 15 is 0 Å². The van der Waals surface area contributed by atoms with Crippen LogP contribution in [0.5, 0.6) is 0 Å². The molecule has 5 heteroatoms. The van der Waals surface area contributed by atoms with E-state index in [-0.39, 0.29) is 23.0 Å². The number of benzene rings is 11. The van der Waals surface area contributed by atoms with Crippen molar-refractivity contribution in [3.63, 3.8) is 0 Å². The topological polar surface area (TPSA) is 22.9 Å². The normalized spacial score (nSPS) is 14.8. The molecule has 0 amide bonds. The average Bonchev–Trinajstić information content (AvgIpc) is 0.838. The van der Waals surface area contributed by atoms with Crippen LogP contribution in [0.1, 0.15) is 106 Å². The molecule has 1 aliphatic carbocycles. The van der Waals surface area contributed by atoms with Crippen LogP contribution < -0.4 is 31.1 Å². The van der Waals surface area contributed by atoms with Gasteiger partial charge in [-0.15, -0.1) is 0 Å². The van der Waals surface area contributed by atoms with Gasteiger partial charge in [0, 0.05) is 62.2 Å². The molecule has 3 aliphatic rings. The highest BCUT2D eigenvalue weighted by Gasteiger charge is 2.46. The first-order valence-electron chi connectivity index (χ1n) is 31.0. The molecule has 0 spiro atoms. The summed E-state index contributed by atoms with van der Waals surface area (Å²) in [5.41, 5.74) is 31.0. The smallest absolute Gasteiger partial charge is 0.252 e. The van der Waals surface area contributed by atoms with Crippen LogP contribution >= 0.6 is 0 Å². The summed E-state index contributed by atoms with van der Waals surface area (Å²) in [7, 11) is 0. The van der Waals surface area contributed by atoms with Crippen LogP contribution in [-0.2, 0) is 16.2 Å². The second kappa shape index (κ2) is 19.5. The molecule has 0 atom stereocenters. The van der Waals surface area contributed by atoms with E-state index in [1.807, 2.05) is 0 Å². The third kappa shape index (κ3) is 8.55. The molecule has 0 saturated carbocycles. The summed E-state index contributed by atoms with van der Waals surface area (Å²) in [4.78, 5) is 7.83. The van der Waals surface area contributed by atoms with Crippen molar-refractivity contribution < 1.29 is 4.42 Å². The van der Waals surface area contributed by atoms with Gasteiger partial charge in [-0.2, -0.15) is 0 Å². The maximum absolute atomic E-state index is 6.99. The first-order chi connectivity index (χ1) is 41.3. The fourth-order valence-electron chi connectivity index (χ4n) is 15.2. The first-order valence-corrected chi connectivity index (χ1v) is 31.0. The van der Waals surface area contributed by atoms with Gasteiger partial charge in [-0.05, 0) is 213 Å². The number of nitrogens with zero attached hydrogens (tertiary/aromatic N) is 3. The minimum absolute atomic E-state index is 0.0335. The first kappa shape index (κ1) is 53.7. The van der Waals surface area contributed by atoms with Gasteiger partial charge in [-0.1, -0.05) is 187 Å². The molecule has 3 heterocycles. The van der Waals surface area contributed by atoms with Crippen molar-refractivity contribution in [3.8, 4) is 22.3 Å². The Morgan fingerprint density at radius 2 is 1.09 bits per heavy atom. The molecule has 0 fully saturated rings. The second-order valence-electron chi connectivity index (χ2n) is 27.6. The molecule has 1 aromatic heterocycles. The van der Waals surface area contributed by atoms with Gasteiger partial charge in [0.1, 0.15) is 11.2 Å². The molecule has 0 unspecified atom stereocenters. The summed E-state index contributed by atoms with van der Waals surface area (Å²) < 4.78 is 6.99. The van der Waals surface area contributed by atoms with Crippen LogP contribution in [0.4, 0.5) is 51.2 Å². The zero-order chi connectivity index (χ0) is 59.3. The van der Waals surface area contributed by atoms with Crippen LogP contribution in [-0.4, -0.2) is 6.71 Å². The Labute approximate surface area is 508 Å². The average molecular weight is 1120 g/mol. The van der Waals surface area contributed by atoms with Crippen molar-refractivity contribution in [1.29, 1.82) is 0 Å². The van der Waals surface area contributed by atoms with E-state index in [1.165, 1.54) is 111 Å². The van der Waals surface area contributed by atoms with Gasteiger partial charge in [0.25, 0.3) is 6.71 Å². The summed E-state index contributed by atoms with van der Waals surface area (Å²) in [6.07, 6.45) is 2.26. The number of para-hydroxylation sites is 1. The summed E-state index contributed by atoms with van der Waals surface area (Å²) in [6.45, 7) is 28.0. The standard InChI is InChI=1S/C81H74BN3O/c1-49-21-20-26-59(39-49)83(60-32-29-54-22-16-17-25-56(54)41-60)61-44-73-78-74(45-61)85(70-47-66-65(40-51(70)3)80(9,10)35-36-81(66,11)12)71-42-57(77-52(4)37-50(2)38-53(77)5)30-33-67(71)82(78)68-46-64-62-27-18-19-28-75(62)86-76(64)48-72(68)84(73)69-34-31-58(79(6,7)8)43-63(69)55-23-14-13-15-24-55/h13-34,37-48H,35-36H2,1-12H3. The number of furan rings is 1. The fourth-order valence-corrected chi connectivity index (χ4v) is 15.2. The van der Waals surface area contributed by atoms with Gasteiger partial charge >= 0.3 is 0 Å².